The zero-order chi connectivity index (χ0) is 18.6. The number of anilines is 1. The molecule has 144 valence electrons. The largest absolute Gasteiger partial charge is 0.352 e. The second kappa shape index (κ2) is 8.08. The molecule has 1 saturated heterocycles. The van der Waals surface area contributed by atoms with Gasteiger partial charge in [0.2, 0.25) is 5.91 Å². The molecule has 1 unspecified atom stereocenters. The van der Waals surface area contributed by atoms with Gasteiger partial charge in [0.05, 0.1) is 6.04 Å². The first-order valence-corrected chi connectivity index (χ1v) is 9.89. The highest BCUT2D eigenvalue weighted by Crippen LogP contribution is 2.21. The SMILES string of the molecule is CC(C(=O)NC1CCCC1)N1CCN(c2noc(-c3ccccc3)n2)CC1. The molecule has 1 aliphatic heterocycles. The molecule has 2 aromatic rings. The van der Waals surface area contributed by atoms with Gasteiger partial charge in [0.15, 0.2) is 0 Å². The number of carbonyl (C=O) groups excluding carboxylic acids is 1. The van der Waals surface area contributed by atoms with Crippen LogP contribution in [0.2, 0.25) is 0 Å². The number of amides is 1. The lowest BCUT2D eigenvalue weighted by atomic mass is 10.2. The minimum absolute atomic E-state index is 0.0992. The van der Waals surface area contributed by atoms with Crippen LogP contribution in [0.1, 0.15) is 32.6 Å². The molecule has 7 nitrogen and oxygen atoms in total. The maximum Gasteiger partial charge on any atom is 0.266 e. The lowest BCUT2D eigenvalue weighted by Gasteiger charge is -2.37. The number of aromatic nitrogens is 2. The maximum absolute atomic E-state index is 12.5. The highest BCUT2D eigenvalue weighted by atomic mass is 16.5. The zero-order valence-corrected chi connectivity index (χ0v) is 15.8. The Kier molecular flexibility index (Phi) is 5.38. The lowest BCUT2D eigenvalue weighted by molar-refractivity contribution is -0.126. The average Bonchev–Trinajstić information content (AvgIpc) is 3.40. The van der Waals surface area contributed by atoms with E-state index in [2.05, 4.69) is 25.3 Å². The van der Waals surface area contributed by atoms with Gasteiger partial charge in [0.25, 0.3) is 11.8 Å². The van der Waals surface area contributed by atoms with E-state index in [9.17, 15) is 4.79 Å². The molecule has 1 atom stereocenters. The van der Waals surface area contributed by atoms with E-state index in [0.717, 1.165) is 44.6 Å². The van der Waals surface area contributed by atoms with Crippen LogP contribution in [-0.2, 0) is 4.79 Å². The average molecular weight is 369 g/mol. The predicted molar refractivity (Wildman–Crippen MR) is 103 cm³/mol. The normalized spacial score (nSPS) is 20.0. The molecule has 27 heavy (non-hydrogen) atoms. The van der Waals surface area contributed by atoms with Crippen LogP contribution in [0.25, 0.3) is 11.5 Å². The summed E-state index contributed by atoms with van der Waals surface area (Å²) in [6, 6.07) is 10.1. The van der Waals surface area contributed by atoms with Crippen molar-refractivity contribution in [1.82, 2.24) is 20.4 Å². The predicted octanol–water partition coefficient (Wildman–Crippen LogP) is 2.31. The van der Waals surface area contributed by atoms with Crippen molar-refractivity contribution in [1.29, 1.82) is 0 Å². The number of rotatable bonds is 5. The van der Waals surface area contributed by atoms with Gasteiger partial charge in [-0.15, -0.1) is 0 Å². The van der Waals surface area contributed by atoms with Gasteiger partial charge in [-0.05, 0) is 37.1 Å². The number of carbonyl (C=O) groups is 1. The number of hydrogen-bond donors (Lipinski definition) is 1. The first kappa shape index (κ1) is 18.0. The van der Waals surface area contributed by atoms with Crippen molar-refractivity contribution >= 4 is 11.9 Å². The van der Waals surface area contributed by atoms with Crippen molar-refractivity contribution in [3.63, 3.8) is 0 Å². The first-order valence-electron chi connectivity index (χ1n) is 9.89. The van der Waals surface area contributed by atoms with Crippen LogP contribution < -0.4 is 10.2 Å². The quantitative estimate of drug-likeness (QED) is 0.872. The summed E-state index contributed by atoms with van der Waals surface area (Å²) in [5.74, 6) is 1.31. The second-order valence-electron chi connectivity index (χ2n) is 7.45. The van der Waals surface area contributed by atoms with Crippen LogP contribution in [-0.4, -0.2) is 59.2 Å². The van der Waals surface area contributed by atoms with Crippen molar-refractivity contribution < 1.29 is 9.32 Å². The zero-order valence-electron chi connectivity index (χ0n) is 15.8. The molecule has 0 radical (unpaired) electrons. The van der Waals surface area contributed by atoms with Crippen LogP contribution in [0.5, 0.6) is 0 Å². The van der Waals surface area contributed by atoms with Crippen molar-refractivity contribution in [2.75, 3.05) is 31.1 Å². The maximum atomic E-state index is 12.5. The Labute approximate surface area is 159 Å². The van der Waals surface area contributed by atoms with Gasteiger partial charge in [0, 0.05) is 37.8 Å². The fourth-order valence-electron chi connectivity index (χ4n) is 3.91. The van der Waals surface area contributed by atoms with Crippen molar-refractivity contribution in [2.24, 2.45) is 0 Å². The second-order valence-corrected chi connectivity index (χ2v) is 7.45. The molecule has 1 amide bonds. The molecule has 1 saturated carbocycles. The molecule has 1 N–H and O–H groups in total. The lowest BCUT2D eigenvalue weighted by Crippen LogP contribution is -2.55. The Balaban J connectivity index is 1.31. The van der Waals surface area contributed by atoms with E-state index in [1.165, 1.54) is 12.8 Å². The molecular formula is C20H27N5O2. The Bertz CT molecular complexity index is 749. The van der Waals surface area contributed by atoms with Gasteiger partial charge in [-0.2, -0.15) is 4.98 Å². The number of hydrogen-bond acceptors (Lipinski definition) is 6. The molecule has 2 aliphatic rings. The summed E-state index contributed by atoms with van der Waals surface area (Å²) in [5, 5.41) is 7.34. The molecule has 4 rings (SSSR count). The van der Waals surface area contributed by atoms with Gasteiger partial charge in [0.1, 0.15) is 0 Å². The van der Waals surface area contributed by atoms with E-state index >= 15 is 0 Å². The van der Waals surface area contributed by atoms with E-state index in [1.54, 1.807) is 0 Å². The third-order valence-corrected chi connectivity index (χ3v) is 5.66. The van der Waals surface area contributed by atoms with E-state index < -0.39 is 0 Å². The summed E-state index contributed by atoms with van der Waals surface area (Å²) in [4.78, 5) is 21.4. The van der Waals surface area contributed by atoms with Gasteiger partial charge in [-0.3, -0.25) is 9.69 Å². The minimum atomic E-state index is -0.0992. The topological polar surface area (TPSA) is 74.5 Å². The monoisotopic (exact) mass is 369 g/mol. The summed E-state index contributed by atoms with van der Waals surface area (Å²) >= 11 is 0. The molecule has 1 aromatic heterocycles. The van der Waals surface area contributed by atoms with Crippen LogP contribution in [0, 0.1) is 0 Å². The van der Waals surface area contributed by atoms with Gasteiger partial charge >= 0.3 is 0 Å². The number of nitrogens with one attached hydrogen (secondary N) is 1. The molecule has 1 aliphatic carbocycles. The minimum Gasteiger partial charge on any atom is -0.352 e. The first-order chi connectivity index (χ1) is 13.2. The highest BCUT2D eigenvalue weighted by Gasteiger charge is 2.29. The van der Waals surface area contributed by atoms with E-state index in [4.69, 9.17) is 4.52 Å². The van der Waals surface area contributed by atoms with Crippen LogP contribution in [0.3, 0.4) is 0 Å². The van der Waals surface area contributed by atoms with Crippen molar-refractivity contribution in [3.05, 3.63) is 30.3 Å². The molecule has 2 fully saturated rings. The Morgan fingerprint density at radius 3 is 2.56 bits per heavy atom. The molecule has 0 spiro atoms. The molecule has 2 heterocycles. The molecule has 7 heteroatoms. The highest BCUT2D eigenvalue weighted by molar-refractivity contribution is 5.81. The number of nitrogens with zero attached hydrogens (tertiary/aromatic N) is 4. The summed E-state index contributed by atoms with van der Waals surface area (Å²) in [5.41, 5.74) is 0.923. The number of benzene rings is 1. The van der Waals surface area contributed by atoms with Gasteiger partial charge in [-0.1, -0.05) is 31.0 Å². The van der Waals surface area contributed by atoms with E-state index in [0.29, 0.717) is 17.9 Å². The smallest absolute Gasteiger partial charge is 0.266 e. The van der Waals surface area contributed by atoms with Crippen LogP contribution in [0.4, 0.5) is 5.95 Å². The Morgan fingerprint density at radius 2 is 1.85 bits per heavy atom. The molecule has 1 aromatic carbocycles. The van der Waals surface area contributed by atoms with Crippen LogP contribution >= 0.6 is 0 Å². The standard InChI is InChI=1S/C20H27N5O2/c1-15(18(26)21-17-9-5-6-10-17)24-11-13-25(14-12-24)20-22-19(27-23-20)16-7-3-2-4-8-16/h2-4,7-8,15,17H,5-6,9-14H2,1H3,(H,21,26). The van der Waals surface area contributed by atoms with Gasteiger partial charge < -0.3 is 14.7 Å². The Morgan fingerprint density at radius 1 is 1.15 bits per heavy atom. The summed E-state index contributed by atoms with van der Waals surface area (Å²) < 4.78 is 5.41. The third-order valence-electron chi connectivity index (χ3n) is 5.66. The fraction of sp³-hybridized carbons (Fsp3) is 0.550. The summed E-state index contributed by atoms with van der Waals surface area (Å²) in [6.07, 6.45) is 4.70. The Hall–Kier alpha value is -2.41. The number of piperazine rings is 1. The summed E-state index contributed by atoms with van der Waals surface area (Å²) in [6.45, 7) is 5.20. The van der Waals surface area contributed by atoms with E-state index in [1.807, 2.05) is 37.3 Å². The summed E-state index contributed by atoms with van der Waals surface area (Å²) in [7, 11) is 0. The third kappa shape index (κ3) is 4.13. The molecule has 0 bridgehead atoms. The fourth-order valence-corrected chi connectivity index (χ4v) is 3.91. The molecular weight excluding hydrogens is 342 g/mol. The van der Waals surface area contributed by atoms with Crippen LogP contribution in [0.15, 0.2) is 34.9 Å². The van der Waals surface area contributed by atoms with Gasteiger partial charge in [-0.25, -0.2) is 0 Å². The van der Waals surface area contributed by atoms with Crippen molar-refractivity contribution in [2.45, 2.75) is 44.7 Å². The van der Waals surface area contributed by atoms with E-state index in [-0.39, 0.29) is 11.9 Å². The van der Waals surface area contributed by atoms with Crippen molar-refractivity contribution in [3.8, 4) is 11.5 Å².